The minimum Gasteiger partial charge on any atom is -0.376 e. The maximum atomic E-state index is 5.56. The molecule has 0 aliphatic heterocycles. The predicted octanol–water partition coefficient (Wildman–Crippen LogP) is 3.37. The molecule has 0 fully saturated rings. The van der Waals surface area contributed by atoms with E-state index in [9.17, 15) is 0 Å². The van der Waals surface area contributed by atoms with Gasteiger partial charge in [0.25, 0.3) is 0 Å². The molecule has 11 heavy (non-hydrogen) atoms. The highest BCUT2D eigenvalue weighted by Crippen LogP contribution is 2.08. The summed E-state index contributed by atoms with van der Waals surface area (Å²) in [6.07, 6.45) is 3.71. The van der Waals surface area contributed by atoms with Crippen molar-refractivity contribution in [2.45, 2.75) is 45.6 Å². The first-order valence-electron chi connectivity index (χ1n) is 4.26. The predicted molar refractivity (Wildman–Crippen MR) is 53.4 cm³/mol. The van der Waals surface area contributed by atoms with Gasteiger partial charge in [-0.2, -0.15) is 0 Å². The Bertz CT molecular complexity index is 86.1. The van der Waals surface area contributed by atoms with Crippen LogP contribution in [0.4, 0.5) is 0 Å². The van der Waals surface area contributed by atoms with E-state index in [0.717, 1.165) is 11.9 Å². The number of ether oxygens (including phenoxy) is 1. The van der Waals surface area contributed by atoms with Gasteiger partial charge in [0.2, 0.25) is 0 Å². The van der Waals surface area contributed by atoms with Gasteiger partial charge in [-0.1, -0.05) is 22.4 Å². The Kier molecular flexibility index (Phi) is 6.25. The Balaban J connectivity index is 3.02. The molecule has 0 saturated carbocycles. The molecule has 0 aliphatic carbocycles. The van der Waals surface area contributed by atoms with Crippen LogP contribution in [0.2, 0.25) is 0 Å². The second-order valence-corrected chi connectivity index (χ2v) is 4.50. The third kappa shape index (κ3) is 10.4. The zero-order valence-electron chi connectivity index (χ0n) is 7.82. The second kappa shape index (κ2) is 6.01. The van der Waals surface area contributed by atoms with Crippen molar-refractivity contribution >= 4 is 15.9 Å². The maximum absolute atomic E-state index is 5.56. The summed E-state index contributed by atoms with van der Waals surface area (Å²) in [7, 11) is 0. The van der Waals surface area contributed by atoms with Crippen molar-refractivity contribution in [1.29, 1.82) is 0 Å². The molecule has 0 spiro atoms. The Hall–Kier alpha value is 0.440. The quantitative estimate of drug-likeness (QED) is 0.513. The zero-order valence-corrected chi connectivity index (χ0v) is 9.41. The average Bonchev–Trinajstić information content (AvgIpc) is 1.85. The topological polar surface area (TPSA) is 9.23 Å². The fraction of sp³-hybridized carbons (Fsp3) is 1.00. The summed E-state index contributed by atoms with van der Waals surface area (Å²) >= 11 is 3.40. The van der Waals surface area contributed by atoms with Gasteiger partial charge in [0.05, 0.1) is 5.60 Å². The molecule has 0 bridgehead atoms. The third-order valence-electron chi connectivity index (χ3n) is 1.31. The van der Waals surface area contributed by atoms with Crippen molar-refractivity contribution in [2.24, 2.45) is 0 Å². The van der Waals surface area contributed by atoms with Gasteiger partial charge in [0.1, 0.15) is 0 Å². The van der Waals surface area contributed by atoms with Crippen LogP contribution in [0.25, 0.3) is 0 Å². The lowest BCUT2D eigenvalue weighted by atomic mass is 10.2. The van der Waals surface area contributed by atoms with Crippen LogP contribution in [0, 0.1) is 0 Å². The molecule has 0 unspecified atom stereocenters. The molecule has 0 radical (unpaired) electrons. The molecule has 1 nitrogen and oxygen atoms in total. The summed E-state index contributed by atoms with van der Waals surface area (Å²) in [5.41, 5.74) is 0.0361. The zero-order chi connectivity index (χ0) is 8.74. The first-order chi connectivity index (χ1) is 5.06. The molecular formula is C9H19BrO. The summed E-state index contributed by atoms with van der Waals surface area (Å²) < 4.78 is 5.56. The number of hydrogen-bond acceptors (Lipinski definition) is 1. The number of unbranched alkanes of at least 4 members (excludes halogenated alkanes) is 2. The Morgan fingerprint density at radius 3 is 2.18 bits per heavy atom. The number of alkyl halides is 1. The van der Waals surface area contributed by atoms with Gasteiger partial charge in [-0.25, -0.2) is 0 Å². The lowest BCUT2D eigenvalue weighted by molar-refractivity contribution is -0.00457. The Morgan fingerprint density at radius 2 is 1.73 bits per heavy atom. The summed E-state index contributed by atoms with van der Waals surface area (Å²) in [6.45, 7) is 7.18. The van der Waals surface area contributed by atoms with Crippen molar-refractivity contribution < 1.29 is 4.74 Å². The van der Waals surface area contributed by atoms with E-state index in [1.807, 2.05) is 0 Å². The van der Waals surface area contributed by atoms with E-state index in [-0.39, 0.29) is 5.60 Å². The van der Waals surface area contributed by atoms with Crippen molar-refractivity contribution in [2.75, 3.05) is 11.9 Å². The second-order valence-electron chi connectivity index (χ2n) is 3.71. The van der Waals surface area contributed by atoms with E-state index in [1.54, 1.807) is 0 Å². The Labute approximate surface area is 78.6 Å². The van der Waals surface area contributed by atoms with E-state index < -0.39 is 0 Å². The van der Waals surface area contributed by atoms with Gasteiger partial charge in [-0.3, -0.25) is 0 Å². The molecule has 0 N–H and O–H groups in total. The molecule has 0 saturated heterocycles. The molecule has 0 aromatic heterocycles. The molecule has 68 valence electrons. The van der Waals surface area contributed by atoms with Gasteiger partial charge < -0.3 is 4.74 Å². The largest absolute Gasteiger partial charge is 0.376 e. The standard InChI is InChI=1S/C9H19BrO/c1-9(2,3)11-8-6-4-5-7-10/h4-8H2,1-3H3. The van der Waals surface area contributed by atoms with E-state index in [0.29, 0.717) is 0 Å². The summed E-state index contributed by atoms with van der Waals surface area (Å²) in [5.74, 6) is 0. The molecule has 2 heteroatoms. The van der Waals surface area contributed by atoms with Gasteiger partial charge in [0.15, 0.2) is 0 Å². The van der Waals surface area contributed by atoms with Gasteiger partial charge >= 0.3 is 0 Å². The fourth-order valence-corrected chi connectivity index (χ4v) is 1.15. The third-order valence-corrected chi connectivity index (χ3v) is 1.87. The molecule has 0 aromatic carbocycles. The Morgan fingerprint density at radius 1 is 1.09 bits per heavy atom. The van der Waals surface area contributed by atoms with Crippen LogP contribution in [-0.2, 0) is 4.74 Å². The average molecular weight is 223 g/mol. The maximum Gasteiger partial charge on any atom is 0.0598 e. The first-order valence-corrected chi connectivity index (χ1v) is 5.38. The van der Waals surface area contributed by atoms with Crippen LogP contribution >= 0.6 is 15.9 Å². The van der Waals surface area contributed by atoms with E-state index in [4.69, 9.17) is 4.74 Å². The van der Waals surface area contributed by atoms with Gasteiger partial charge in [-0.05, 0) is 33.6 Å². The summed E-state index contributed by atoms with van der Waals surface area (Å²) in [6, 6.07) is 0. The highest BCUT2D eigenvalue weighted by atomic mass is 79.9. The van der Waals surface area contributed by atoms with E-state index in [2.05, 4.69) is 36.7 Å². The highest BCUT2D eigenvalue weighted by molar-refractivity contribution is 9.09. The SMILES string of the molecule is CC(C)(C)OCCCCCBr. The fourth-order valence-electron chi connectivity index (χ4n) is 0.752. The van der Waals surface area contributed by atoms with Crippen LogP contribution < -0.4 is 0 Å². The molecule has 0 atom stereocenters. The molecular weight excluding hydrogens is 204 g/mol. The summed E-state index contributed by atoms with van der Waals surface area (Å²) in [5, 5.41) is 1.11. The van der Waals surface area contributed by atoms with Crippen LogP contribution in [0.1, 0.15) is 40.0 Å². The van der Waals surface area contributed by atoms with Crippen molar-refractivity contribution in [3.8, 4) is 0 Å². The smallest absolute Gasteiger partial charge is 0.0598 e. The van der Waals surface area contributed by atoms with Crippen LogP contribution in [0.3, 0.4) is 0 Å². The van der Waals surface area contributed by atoms with Gasteiger partial charge in [0, 0.05) is 11.9 Å². The minimum atomic E-state index is 0.0361. The minimum absolute atomic E-state index is 0.0361. The number of rotatable bonds is 5. The van der Waals surface area contributed by atoms with E-state index in [1.165, 1.54) is 19.3 Å². The molecule has 0 aliphatic rings. The monoisotopic (exact) mass is 222 g/mol. The van der Waals surface area contributed by atoms with Crippen molar-refractivity contribution in [3.05, 3.63) is 0 Å². The molecule has 0 amide bonds. The highest BCUT2D eigenvalue weighted by Gasteiger charge is 2.08. The lowest BCUT2D eigenvalue weighted by Crippen LogP contribution is -2.19. The number of hydrogen-bond donors (Lipinski definition) is 0. The van der Waals surface area contributed by atoms with Crippen LogP contribution in [0.5, 0.6) is 0 Å². The van der Waals surface area contributed by atoms with Crippen molar-refractivity contribution in [1.82, 2.24) is 0 Å². The van der Waals surface area contributed by atoms with Crippen LogP contribution in [-0.4, -0.2) is 17.5 Å². The van der Waals surface area contributed by atoms with Gasteiger partial charge in [-0.15, -0.1) is 0 Å². The van der Waals surface area contributed by atoms with Crippen molar-refractivity contribution in [3.63, 3.8) is 0 Å². The van der Waals surface area contributed by atoms with E-state index >= 15 is 0 Å². The molecule has 0 aromatic rings. The van der Waals surface area contributed by atoms with Crippen LogP contribution in [0.15, 0.2) is 0 Å². The molecule has 0 heterocycles. The lowest BCUT2D eigenvalue weighted by Gasteiger charge is -2.19. The summed E-state index contributed by atoms with van der Waals surface area (Å²) in [4.78, 5) is 0. The first kappa shape index (κ1) is 11.4. The number of halogens is 1. The normalized spacial score (nSPS) is 12.0. The molecule has 0 rings (SSSR count).